The van der Waals surface area contributed by atoms with E-state index >= 15 is 0 Å². The fraction of sp³-hybridized carbons (Fsp3) is 0.692. The molecule has 3 N–H and O–H groups in total. The van der Waals surface area contributed by atoms with Crippen molar-refractivity contribution in [3.05, 3.63) is 11.4 Å². The fourth-order valence-corrected chi connectivity index (χ4v) is 1.76. The highest BCUT2D eigenvalue weighted by molar-refractivity contribution is 5.56. The van der Waals surface area contributed by atoms with Crippen LogP contribution in [0.4, 0.5) is 11.6 Å². The summed E-state index contributed by atoms with van der Waals surface area (Å²) in [6.07, 6.45) is 3.77. The molecule has 0 amide bonds. The number of anilines is 2. The van der Waals surface area contributed by atoms with Gasteiger partial charge in [-0.25, -0.2) is 9.97 Å². The zero-order valence-corrected chi connectivity index (χ0v) is 11.6. The van der Waals surface area contributed by atoms with Crippen LogP contribution in [0.3, 0.4) is 0 Å². The van der Waals surface area contributed by atoms with Crippen molar-refractivity contribution in [2.75, 3.05) is 30.8 Å². The Hall–Kier alpha value is -1.36. The summed E-state index contributed by atoms with van der Waals surface area (Å²) < 4.78 is 0. The van der Waals surface area contributed by atoms with E-state index in [1.807, 2.05) is 14.0 Å². The number of nitrogens with zero attached hydrogens (tertiary/aromatic N) is 2. The van der Waals surface area contributed by atoms with Crippen LogP contribution < -0.4 is 10.6 Å². The van der Waals surface area contributed by atoms with Gasteiger partial charge in [0.05, 0.1) is 0 Å². The van der Waals surface area contributed by atoms with Gasteiger partial charge in [0.2, 0.25) is 0 Å². The number of aliphatic hydroxyl groups is 1. The molecule has 0 unspecified atom stereocenters. The molecule has 1 aromatic rings. The van der Waals surface area contributed by atoms with Crippen molar-refractivity contribution < 1.29 is 5.11 Å². The summed E-state index contributed by atoms with van der Waals surface area (Å²) in [4.78, 5) is 8.94. The van der Waals surface area contributed by atoms with E-state index in [0.717, 1.165) is 55.3 Å². The van der Waals surface area contributed by atoms with Crippen molar-refractivity contribution in [2.24, 2.45) is 0 Å². The van der Waals surface area contributed by atoms with Gasteiger partial charge >= 0.3 is 0 Å². The van der Waals surface area contributed by atoms with Crippen LogP contribution in [0.1, 0.15) is 37.6 Å². The summed E-state index contributed by atoms with van der Waals surface area (Å²) in [7, 11) is 1.87. The topological polar surface area (TPSA) is 70.1 Å². The number of nitrogens with one attached hydrogen (secondary N) is 2. The molecule has 0 atom stereocenters. The highest BCUT2D eigenvalue weighted by atomic mass is 16.2. The zero-order valence-electron chi connectivity index (χ0n) is 11.6. The number of aryl methyl sites for hydroxylation is 1. The van der Waals surface area contributed by atoms with Crippen LogP contribution in [0.15, 0.2) is 0 Å². The summed E-state index contributed by atoms with van der Waals surface area (Å²) in [6.45, 7) is 5.22. The van der Waals surface area contributed by atoms with Crippen LogP contribution in [0.5, 0.6) is 0 Å². The average Bonchev–Trinajstić information content (AvgIpc) is 2.40. The largest absolute Gasteiger partial charge is 0.396 e. The van der Waals surface area contributed by atoms with Crippen molar-refractivity contribution in [2.45, 2.75) is 39.5 Å². The smallest absolute Gasteiger partial charge is 0.134 e. The van der Waals surface area contributed by atoms with E-state index in [4.69, 9.17) is 5.11 Å². The van der Waals surface area contributed by atoms with E-state index in [2.05, 4.69) is 27.5 Å². The number of aromatic nitrogens is 2. The van der Waals surface area contributed by atoms with Gasteiger partial charge in [-0.15, -0.1) is 0 Å². The SMILES string of the molecule is CCc1nc(NC)c(C)c(NCCCCCO)n1. The fourth-order valence-electron chi connectivity index (χ4n) is 1.76. The molecule has 0 aliphatic heterocycles. The number of hydrogen-bond donors (Lipinski definition) is 3. The standard InChI is InChI=1S/C13H24N4O/c1-4-11-16-12(14-3)10(2)13(17-11)15-8-6-5-7-9-18/h18H,4-9H2,1-3H3,(H2,14,15,16,17). The molecule has 0 spiro atoms. The zero-order chi connectivity index (χ0) is 13.4. The molecule has 5 heteroatoms. The summed E-state index contributed by atoms with van der Waals surface area (Å²) in [5.74, 6) is 2.65. The molecule has 1 heterocycles. The van der Waals surface area contributed by atoms with E-state index < -0.39 is 0 Å². The Bertz CT molecular complexity index is 368. The van der Waals surface area contributed by atoms with Gasteiger partial charge in [-0.2, -0.15) is 0 Å². The number of unbranched alkanes of at least 4 members (excludes halogenated alkanes) is 2. The normalized spacial score (nSPS) is 10.4. The number of aliphatic hydroxyl groups excluding tert-OH is 1. The lowest BCUT2D eigenvalue weighted by atomic mass is 10.2. The Kier molecular flexibility index (Phi) is 6.43. The molecule has 0 saturated heterocycles. The van der Waals surface area contributed by atoms with Gasteiger partial charge in [0.1, 0.15) is 17.5 Å². The first-order valence-corrected chi connectivity index (χ1v) is 6.62. The van der Waals surface area contributed by atoms with Crippen LogP contribution in [0.25, 0.3) is 0 Å². The summed E-state index contributed by atoms with van der Waals surface area (Å²) in [6, 6.07) is 0. The van der Waals surface area contributed by atoms with Gasteiger partial charge in [0.15, 0.2) is 0 Å². The predicted molar refractivity (Wildman–Crippen MR) is 75.1 cm³/mol. The Morgan fingerprint density at radius 2 is 1.83 bits per heavy atom. The summed E-state index contributed by atoms with van der Waals surface area (Å²) in [5, 5.41) is 15.2. The van der Waals surface area contributed by atoms with Gasteiger partial charge < -0.3 is 15.7 Å². The Balaban J connectivity index is 2.63. The van der Waals surface area contributed by atoms with Gasteiger partial charge in [-0.3, -0.25) is 0 Å². The molecule has 0 aliphatic rings. The van der Waals surface area contributed by atoms with Gasteiger partial charge in [0, 0.05) is 32.2 Å². The lowest BCUT2D eigenvalue weighted by molar-refractivity contribution is 0.283. The number of rotatable bonds is 8. The second-order valence-electron chi connectivity index (χ2n) is 4.28. The van der Waals surface area contributed by atoms with Crippen LogP contribution in [0, 0.1) is 6.92 Å². The van der Waals surface area contributed by atoms with E-state index in [1.54, 1.807) is 0 Å². The molecule has 0 saturated carbocycles. The van der Waals surface area contributed by atoms with Crippen LogP contribution in [-0.2, 0) is 6.42 Å². The van der Waals surface area contributed by atoms with Crippen molar-refractivity contribution in [1.29, 1.82) is 0 Å². The third-order valence-corrected chi connectivity index (χ3v) is 2.87. The minimum absolute atomic E-state index is 0.274. The first kappa shape index (κ1) is 14.7. The highest BCUT2D eigenvalue weighted by Gasteiger charge is 2.08. The summed E-state index contributed by atoms with van der Waals surface area (Å²) in [5.41, 5.74) is 1.05. The Morgan fingerprint density at radius 1 is 1.11 bits per heavy atom. The Labute approximate surface area is 109 Å². The van der Waals surface area contributed by atoms with Gasteiger partial charge in [-0.1, -0.05) is 6.92 Å². The highest BCUT2D eigenvalue weighted by Crippen LogP contribution is 2.19. The second kappa shape index (κ2) is 7.87. The van der Waals surface area contributed by atoms with Crippen molar-refractivity contribution in [3.8, 4) is 0 Å². The maximum atomic E-state index is 8.71. The molecule has 0 fully saturated rings. The minimum atomic E-state index is 0.274. The summed E-state index contributed by atoms with van der Waals surface area (Å²) >= 11 is 0. The molecule has 1 aromatic heterocycles. The molecule has 0 radical (unpaired) electrons. The molecule has 102 valence electrons. The van der Waals surface area contributed by atoms with E-state index in [-0.39, 0.29) is 6.61 Å². The van der Waals surface area contributed by atoms with Crippen LogP contribution in [0.2, 0.25) is 0 Å². The predicted octanol–water partition coefficient (Wildman–Crippen LogP) is 1.96. The average molecular weight is 252 g/mol. The van der Waals surface area contributed by atoms with Gasteiger partial charge in [0.25, 0.3) is 0 Å². The molecule has 0 bridgehead atoms. The molecular weight excluding hydrogens is 228 g/mol. The van der Waals surface area contributed by atoms with Crippen molar-refractivity contribution >= 4 is 11.6 Å². The lowest BCUT2D eigenvalue weighted by Gasteiger charge is -2.13. The first-order chi connectivity index (χ1) is 8.72. The first-order valence-electron chi connectivity index (χ1n) is 6.62. The third-order valence-electron chi connectivity index (χ3n) is 2.87. The number of hydrogen-bond acceptors (Lipinski definition) is 5. The molecule has 0 aliphatic carbocycles. The lowest BCUT2D eigenvalue weighted by Crippen LogP contribution is -2.10. The minimum Gasteiger partial charge on any atom is -0.396 e. The van der Waals surface area contributed by atoms with Crippen LogP contribution >= 0.6 is 0 Å². The monoisotopic (exact) mass is 252 g/mol. The third kappa shape index (κ3) is 4.14. The molecule has 18 heavy (non-hydrogen) atoms. The van der Waals surface area contributed by atoms with Crippen LogP contribution in [-0.4, -0.2) is 35.3 Å². The van der Waals surface area contributed by atoms with Crippen molar-refractivity contribution in [3.63, 3.8) is 0 Å². The maximum Gasteiger partial charge on any atom is 0.134 e. The van der Waals surface area contributed by atoms with E-state index in [1.165, 1.54) is 0 Å². The molecule has 5 nitrogen and oxygen atoms in total. The molecule has 0 aromatic carbocycles. The van der Waals surface area contributed by atoms with Gasteiger partial charge in [-0.05, 0) is 26.2 Å². The van der Waals surface area contributed by atoms with Crippen molar-refractivity contribution in [1.82, 2.24) is 9.97 Å². The Morgan fingerprint density at radius 3 is 2.44 bits per heavy atom. The van der Waals surface area contributed by atoms with E-state index in [9.17, 15) is 0 Å². The van der Waals surface area contributed by atoms with E-state index in [0.29, 0.717) is 0 Å². The quantitative estimate of drug-likeness (QED) is 0.617. The molecule has 1 rings (SSSR count). The molecular formula is C13H24N4O. The second-order valence-corrected chi connectivity index (χ2v) is 4.28. The maximum absolute atomic E-state index is 8.71.